The Hall–Kier alpha value is -1.98. The fourth-order valence-corrected chi connectivity index (χ4v) is 3.20. The van der Waals surface area contributed by atoms with Gasteiger partial charge in [-0.25, -0.2) is 9.97 Å². The molecular weight excluding hydrogens is 369 g/mol. The third kappa shape index (κ3) is 3.60. The van der Waals surface area contributed by atoms with E-state index in [0.717, 1.165) is 11.1 Å². The zero-order valence-corrected chi connectivity index (χ0v) is 16.0. The Labute approximate surface area is 162 Å². The number of aliphatic hydroxyl groups is 1. The standard InChI is InChI=1S/C20H19Cl2N3O/c1-11(23)13-5-3-6-14(9-13)20-17(10-26)25-19(12(2)24-20)15-7-4-8-16(21)18(15)22/h3-9,11,26H,10,23H2,1-2H3/t11-/m1/s1. The van der Waals surface area contributed by atoms with Gasteiger partial charge in [0, 0.05) is 17.2 Å². The second kappa shape index (κ2) is 7.72. The predicted octanol–water partition coefficient (Wildman–Crippen LogP) is 4.94. The third-order valence-corrected chi connectivity index (χ3v) is 5.00. The van der Waals surface area contributed by atoms with E-state index >= 15 is 0 Å². The molecule has 0 amide bonds. The molecule has 0 fully saturated rings. The van der Waals surface area contributed by atoms with Crippen LogP contribution in [-0.4, -0.2) is 15.1 Å². The lowest BCUT2D eigenvalue weighted by Crippen LogP contribution is -2.06. The summed E-state index contributed by atoms with van der Waals surface area (Å²) in [5, 5.41) is 10.7. The number of nitrogens with two attached hydrogens (primary N) is 1. The molecule has 0 aliphatic rings. The predicted molar refractivity (Wildman–Crippen MR) is 106 cm³/mol. The molecule has 0 saturated carbocycles. The lowest BCUT2D eigenvalue weighted by molar-refractivity contribution is 0.277. The van der Waals surface area contributed by atoms with Crippen LogP contribution in [0.2, 0.25) is 10.0 Å². The second-order valence-corrected chi connectivity index (χ2v) is 6.91. The number of benzene rings is 2. The van der Waals surface area contributed by atoms with Crippen molar-refractivity contribution in [3.05, 3.63) is 69.5 Å². The van der Waals surface area contributed by atoms with Gasteiger partial charge in [-0.2, -0.15) is 0 Å². The van der Waals surface area contributed by atoms with Crippen molar-refractivity contribution in [2.45, 2.75) is 26.5 Å². The van der Waals surface area contributed by atoms with E-state index in [1.54, 1.807) is 6.07 Å². The van der Waals surface area contributed by atoms with E-state index in [1.165, 1.54) is 0 Å². The van der Waals surface area contributed by atoms with Crippen molar-refractivity contribution in [3.8, 4) is 22.5 Å². The van der Waals surface area contributed by atoms with E-state index < -0.39 is 0 Å². The minimum Gasteiger partial charge on any atom is -0.390 e. The highest BCUT2D eigenvalue weighted by atomic mass is 35.5. The molecule has 3 N–H and O–H groups in total. The Morgan fingerprint density at radius 3 is 2.50 bits per heavy atom. The van der Waals surface area contributed by atoms with Crippen molar-refractivity contribution >= 4 is 23.2 Å². The van der Waals surface area contributed by atoms with Gasteiger partial charge in [0.1, 0.15) is 0 Å². The van der Waals surface area contributed by atoms with E-state index in [-0.39, 0.29) is 12.6 Å². The maximum absolute atomic E-state index is 9.86. The summed E-state index contributed by atoms with van der Waals surface area (Å²) in [5.74, 6) is 0. The van der Waals surface area contributed by atoms with Crippen LogP contribution in [0, 0.1) is 6.92 Å². The first kappa shape index (κ1) is 18.8. The van der Waals surface area contributed by atoms with Crippen molar-refractivity contribution in [1.82, 2.24) is 9.97 Å². The molecule has 3 aromatic rings. The molecule has 134 valence electrons. The average molecular weight is 388 g/mol. The minimum atomic E-state index is -0.240. The Bertz CT molecular complexity index is 958. The number of aliphatic hydroxyl groups excluding tert-OH is 1. The van der Waals surface area contributed by atoms with Gasteiger partial charge in [-0.05, 0) is 31.5 Å². The van der Waals surface area contributed by atoms with E-state index in [9.17, 15) is 5.11 Å². The van der Waals surface area contributed by atoms with Gasteiger partial charge in [-0.1, -0.05) is 53.5 Å². The molecular formula is C20H19Cl2N3O. The maximum Gasteiger partial charge on any atom is 0.0945 e. The van der Waals surface area contributed by atoms with Gasteiger partial charge in [0.25, 0.3) is 0 Å². The first-order chi connectivity index (χ1) is 12.4. The van der Waals surface area contributed by atoms with E-state index in [0.29, 0.717) is 38.4 Å². The molecule has 0 saturated heterocycles. The molecule has 0 unspecified atom stereocenters. The van der Waals surface area contributed by atoms with Crippen molar-refractivity contribution in [2.24, 2.45) is 5.73 Å². The van der Waals surface area contributed by atoms with E-state index in [2.05, 4.69) is 4.98 Å². The summed E-state index contributed by atoms with van der Waals surface area (Å²) in [6.07, 6.45) is 0. The van der Waals surface area contributed by atoms with Gasteiger partial charge in [-0.15, -0.1) is 0 Å². The first-order valence-corrected chi connectivity index (χ1v) is 8.96. The van der Waals surface area contributed by atoms with Gasteiger partial charge in [0.05, 0.1) is 39.4 Å². The summed E-state index contributed by atoms with van der Waals surface area (Å²) in [6.45, 7) is 3.54. The Morgan fingerprint density at radius 2 is 1.81 bits per heavy atom. The molecule has 3 rings (SSSR count). The lowest BCUT2D eigenvalue weighted by atomic mass is 10.0. The molecule has 2 aromatic carbocycles. The summed E-state index contributed by atoms with van der Waals surface area (Å²) in [5.41, 5.74) is 10.9. The van der Waals surface area contributed by atoms with Crippen molar-refractivity contribution in [3.63, 3.8) is 0 Å². The van der Waals surface area contributed by atoms with Gasteiger partial charge in [0.2, 0.25) is 0 Å². The van der Waals surface area contributed by atoms with Gasteiger partial charge >= 0.3 is 0 Å². The fraction of sp³-hybridized carbons (Fsp3) is 0.200. The van der Waals surface area contributed by atoms with Gasteiger partial charge in [0.15, 0.2) is 0 Å². The fourth-order valence-electron chi connectivity index (χ4n) is 2.81. The quantitative estimate of drug-likeness (QED) is 0.664. The zero-order chi connectivity index (χ0) is 18.8. The molecule has 1 atom stereocenters. The summed E-state index contributed by atoms with van der Waals surface area (Å²) in [7, 11) is 0. The number of halogens is 2. The number of nitrogens with zero attached hydrogens (tertiary/aromatic N) is 2. The number of aromatic nitrogens is 2. The molecule has 0 aliphatic carbocycles. The van der Waals surface area contributed by atoms with Gasteiger partial charge in [-0.3, -0.25) is 0 Å². The van der Waals surface area contributed by atoms with Crippen LogP contribution < -0.4 is 5.73 Å². The summed E-state index contributed by atoms with van der Waals surface area (Å²) in [6, 6.07) is 13.1. The normalized spacial score (nSPS) is 12.2. The molecule has 0 bridgehead atoms. The molecule has 26 heavy (non-hydrogen) atoms. The van der Waals surface area contributed by atoms with Crippen LogP contribution in [0.25, 0.3) is 22.5 Å². The van der Waals surface area contributed by atoms with Crippen LogP contribution in [0.5, 0.6) is 0 Å². The third-order valence-electron chi connectivity index (χ3n) is 4.18. The molecule has 0 spiro atoms. The maximum atomic E-state index is 9.86. The topological polar surface area (TPSA) is 72.0 Å². The van der Waals surface area contributed by atoms with E-state index in [4.69, 9.17) is 33.9 Å². The van der Waals surface area contributed by atoms with Crippen LogP contribution in [0.15, 0.2) is 42.5 Å². The van der Waals surface area contributed by atoms with Crippen LogP contribution >= 0.6 is 23.2 Å². The number of hydrogen-bond donors (Lipinski definition) is 2. The SMILES string of the molecule is Cc1nc(-c2cccc([C@@H](C)N)c2)c(CO)nc1-c1cccc(Cl)c1Cl. The van der Waals surface area contributed by atoms with E-state index in [1.807, 2.05) is 50.2 Å². The second-order valence-electron chi connectivity index (χ2n) is 6.13. The minimum absolute atomic E-state index is 0.0916. The van der Waals surface area contributed by atoms with Crippen LogP contribution in [-0.2, 0) is 6.61 Å². The van der Waals surface area contributed by atoms with Crippen LogP contribution in [0.3, 0.4) is 0 Å². The number of aryl methyl sites for hydroxylation is 1. The molecule has 4 nitrogen and oxygen atoms in total. The van der Waals surface area contributed by atoms with Crippen molar-refractivity contribution < 1.29 is 5.11 Å². The molecule has 6 heteroatoms. The summed E-state index contributed by atoms with van der Waals surface area (Å²) in [4.78, 5) is 9.32. The summed E-state index contributed by atoms with van der Waals surface area (Å²) < 4.78 is 0. The highest BCUT2D eigenvalue weighted by Crippen LogP contribution is 2.35. The number of hydrogen-bond acceptors (Lipinski definition) is 4. The molecule has 0 radical (unpaired) electrons. The average Bonchev–Trinajstić information content (AvgIpc) is 2.64. The highest BCUT2D eigenvalue weighted by molar-refractivity contribution is 6.43. The lowest BCUT2D eigenvalue weighted by Gasteiger charge is -2.14. The molecule has 1 aromatic heterocycles. The Kier molecular flexibility index (Phi) is 5.58. The zero-order valence-electron chi connectivity index (χ0n) is 14.5. The molecule has 0 aliphatic heterocycles. The monoisotopic (exact) mass is 387 g/mol. The molecule has 1 heterocycles. The van der Waals surface area contributed by atoms with Crippen molar-refractivity contribution in [2.75, 3.05) is 0 Å². The smallest absolute Gasteiger partial charge is 0.0945 e. The van der Waals surface area contributed by atoms with Crippen molar-refractivity contribution in [1.29, 1.82) is 0 Å². The van der Waals surface area contributed by atoms with Crippen LogP contribution in [0.1, 0.15) is 29.9 Å². The van der Waals surface area contributed by atoms with Gasteiger partial charge < -0.3 is 10.8 Å². The first-order valence-electron chi connectivity index (χ1n) is 8.21. The largest absolute Gasteiger partial charge is 0.390 e. The summed E-state index contributed by atoms with van der Waals surface area (Å²) >= 11 is 12.5. The Balaban J connectivity index is 2.17. The highest BCUT2D eigenvalue weighted by Gasteiger charge is 2.17. The Morgan fingerprint density at radius 1 is 1.08 bits per heavy atom. The van der Waals surface area contributed by atoms with Crippen LogP contribution in [0.4, 0.5) is 0 Å². The number of rotatable bonds is 4.